The van der Waals surface area contributed by atoms with Crippen LogP contribution in [0, 0.1) is 5.82 Å². The standard InChI is InChI=1S/C16H18FNO/c1-18-15(11-12-7-3-5-9-14(12)17)13-8-4-6-10-16(13)19-2/h3-10,15,18H,11H2,1-2H3. The minimum atomic E-state index is -0.169. The Bertz CT molecular complexity index is 542. The molecule has 19 heavy (non-hydrogen) atoms. The van der Waals surface area contributed by atoms with Crippen molar-refractivity contribution in [3.8, 4) is 5.75 Å². The Morgan fingerprint density at radius 3 is 2.47 bits per heavy atom. The van der Waals surface area contributed by atoms with E-state index in [4.69, 9.17) is 4.74 Å². The van der Waals surface area contributed by atoms with Crippen LogP contribution in [0.15, 0.2) is 48.5 Å². The number of benzene rings is 2. The number of hydrogen-bond donors (Lipinski definition) is 1. The Morgan fingerprint density at radius 1 is 1.11 bits per heavy atom. The van der Waals surface area contributed by atoms with Crippen molar-refractivity contribution in [2.75, 3.05) is 14.2 Å². The van der Waals surface area contributed by atoms with Gasteiger partial charge in [0.15, 0.2) is 0 Å². The first kappa shape index (κ1) is 13.6. The number of ether oxygens (including phenoxy) is 1. The number of para-hydroxylation sites is 1. The summed E-state index contributed by atoms with van der Waals surface area (Å²) in [5.41, 5.74) is 1.74. The minimum Gasteiger partial charge on any atom is -0.496 e. The first-order valence-electron chi connectivity index (χ1n) is 6.30. The summed E-state index contributed by atoms with van der Waals surface area (Å²) < 4.78 is 19.1. The maximum Gasteiger partial charge on any atom is 0.126 e. The van der Waals surface area contributed by atoms with Gasteiger partial charge >= 0.3 is 0 Å². The van der Waals surface area contributed by atoms with Gasteiger partial charge in [-0.3, -0.25) is 0 Å². The molecule has 0 bridgehead atoms. The molecule has 100 valence electrons. The van der Waals surface area contributed by atoms with Crippen LogP contribution in [0.25, 0.3) is 0 Å². The van der Waals surface area contributed by atoms with Gasteiger partial charge in [-0.1, -0.05) is 36.4 Å². The van der Waals surface area contributed by atoms with E-state index in [-0.39, 0.29) is 11.9 Å². The van der Waals surface area contributed by atoms with Gasteiger partial charge in [-0.25, -0.2) is 4.39 Å². The van der Waals surface area contributed by atoms with Crippen LogP contribution in [-0.4, -0.2) is 14.2 Å². The van der Waals surface area contributed by atoms with Crippen LogP contribution < -0.4 is 10.1 Å². The van der Waals surface area contributed by atoms with Crippen molar-refractivity contribution in [1.29, 1.82) is 0 Å². The van der Waals surface area contributed by atoms with Crippen LogP contribution in [-0.2, 0) is 6.42 Å². The molecular formula is C16H18FNO. The third-order valence-corrected chi connectivity index (χ3v) is 3.24. The maximum atomic E-state index is 13.7. The smallest absolute Gasteiger partial charge is 0.126 e. The SMILES string of the molecule is CNC(Cc1ccccc1F)c1ccccc1OC. The molecule has 2 aromatic carbocycles. The lowest BCUT2D eigenvalue weighted by atomic mass is 9.98. The van der Waals surface area contributed by atoms with E-state index < -0.39 is 0 Å². The first-order chi connectivity index (χ1) is 9.26. The Hall–Kier alpha value is -1.87. The molecule has 0 spiro atoms. The van der Waals surface area contributed by atoms with E-state index in [1.165, 1.54) is 6.07 Å². The lowest BCUT2D eigenvalue weighted by Gasteiger charge is -2.19. The summed E-state index contributed by atoms with van der Waals surface area (Å²) in [4.78, 5) is 0. The minimum absolute atomic E-state index is 0.0213. The summed E-state index contributed by atoms with van der Waals surface area (Å²) in [5.74, 6) is 0.649. The number of rotatable bonds is 5. The normalized spacial score (nSPS) is 12.2. The zero-order valence-electron chi connectivity index (χ0n) is 11.2. The number of nitrogens with one attached hydrogen (secondary N) is 1. The quantitative estimate of drug-likeness (QED) is 0.889. The number of likely N-dealkylation sites (N-methyl/N-ethyl adjacent to an activating group) is 1. The highest BCUT2D eigenvalue weighted by molar-refractivity contribution is 5.37. The fourth-order valence-corrected chi connectivity index (χ4v) is 2.21. The van der Waals surface area contributed by atoms with Crippen molar-refractivity contribution in [1.82, 2.24) is 5.32 Å². The average Bonchev–Trinajstić information content (AvgIpc) is 2.46. The van der Waals surface area contributed by atoms with Crippen LogP contribution in [0.1, 0.15) is 17.2 Å². The van der Waals surface area contributed by atoms with Crippen molar-refractivity contribution in [3.05, 3.63) is 65.5 Å². The van der Waals surface area contributed by atoms with E-state index in [0.717, 1.165) is 11.3 Å². The van der Waals surface area contributed by atoms with Gasteiger partial charge in [-0.15, -0.1) is 0 Å². The van der Waals surface area contributed by atoms with Gasteiger partial charge in [-0.05, 0) is 31.2 Å². The topological polar surface area (TPSA) is 21.3 Å². The molecule has 1 atom stereocenters. The summed E-state index contributed by atoms with van der Waals surface area (Å²) in [5, 5.41) is 3.22. The van der Waals surface area contributed by atoms with Crippen LogP contribution in [0.2, 0.25) is 0 Å². The molecule has 0 aliphatic heterocycles. The second kappa shape index (κ2) is 6.34. The fraction of sp³-hybridized carbons (Fsp3) is 0.250. The molecular weight excluding hydrogens is 241 g/mol. The third kappa shape index (κ3) is 3.12. The van der Waals surface area contributed by atoms with Gasteiger partial charge < -0.3 is 10.1 Å². The predicted octanol–water partition coefficient (Wildman–Crippen LogP) is 3.34. The average molecular weight is 259 g/mol. The number of hydrogen-bond acceptors (Lipinski definition) is 2. The van der Waals surface area contributed by atoms with Crippen molar-refractivity contribution in [3.63, 3.8) is 0 Å². The third-order valence-electron chi connectivity index (χ3n) is 3.24. The van der Waals surface area contributed by atoms with Crippen molar-refractivity contribution < 1.29 is 9.13 Å². The van der Waals surface area contributed by atoms with Crippen molar-refractivity contribution >= 4 is 0 Å². The molecule has 2 aromatic rings. The molecule has 0 saturated carbocycles. The van der Waals surface area contributed by atoms with Crippen molar-refractivity contribution in [2.24, 2.45) is 0 Å². The Kier molecular flexibility index (Phi) is 4.53. The van der Waals surface area contributed by atoms with E-state index in [1.54, 1.807) is 13.2 Å². The maximum absolute atomic E-state index is 13.7. The fourth-order valence-electron chi connectivity index (χ4n) is 2.21. The van der Waals surface area contributed by atoms with E-state index in [9.17, 15) is 4.39 Å². The Balaban J connectivity index is 2.28. The van der Waals surface area contributed by atoms with Crippen LogP contribution in [0.3, 0.4) is 0 Å². The number of methoxy groups -OCH3 is 1. The van der Waals surface area contributed by atoms with Crippen LogP contribution in [0.4, 0.5) is 4.39 Å². The molecule has 1 unspecified atom stereocenters. The second-order valence-electron chi connectivity index (χ2n) is 4.38. The molecule has 0 radical (unpaired) electrons. The second-order valence-corrected chi connectivity index (χ2v) is 4.38. The zero-order chi connectivity index (χ0) is 13.7. The summed E-state index contributed by atoms with van der Waals surface area (Å²) in [6, 6.07) is 14.7. The summed E-state index contributed by atoms with van der Waals surface area (Å²) in [6.45, 7) is 0. The highest BCUT2D eigenvalue weighted by atomic mass is 19.1. The molecule has 2 nitrogen and oxygen atoms in total. The summed E-state index contributed by atoms with van der Waals surface area (Å²) in [6.07, 6.45) is 0.587. The zero-order valence-corrected chi connectivity index (χ0v) is 11.2. The Labute approximate surface area is 113 Å². The van der Waals surface area contributed by atoms with Gasteiger partial charge in [0.2, 0.25) is 0 Å². The van der Waals surface area contributed by atoms with Gasteiger partial charge in [-0.2, -0.15) is 0 Å². The molecule has 2 rings (SSSR count). The van der Waals surface area contributed by atoms with Crippen LogP contribution >= 0.6 is 0 Å². The highest BCUT2D eigenvalue weighted by Crippen LogP contribution is 2.27. The Morgan fingerprint density at radius 2 is 1.79 bits per heavy atom. The molecule has 0 aliphatic carbocycles. The lowest BCUT2D eigenvalue weighted by Crippen LogP contribution is -2.20. The highest BCUT2D eigenvalue weighted by Gasteiger charge is 2.16. The lowest BCUT2D eigenvalue weighted by molar-refractivity contribution is 0.400. The molecule has 0 heterocycles. The summed E-state index contributed by atoms with van der Waals surface area (Å²) >= 11 is 0. The molecule has 3 heteroatoms. The monoisotopic (exact) mass is 259 g/mol. The number of halogens is 1. The van der Waals surface area contributed by atoms with Gasteiger partial charge in [0.25, 0.3) is 0 Å². The molecule has 0 fully saturated rings. The first-order valence-corrected chi connectivity index (χ1v) is 6.30. The van der Waals surface area contributed by atoms with E-state index in [1.807, 2.05) is 43.4 Å². The molecule has 0 aliphatic rings. The van der Waals surface area contributed by atoms with Crippen LogP contribution in [0.5, 0.6) is 5.75 Å². The largest absolute Gasteiger partial charge is 0.496 e. The van der Waals surface area contributed by atoms with Gasteiger partial charge in [0.1, 0.15) is 11.6 Å². The van der Waals surface area contributed by atoms with E-state index >= 15 is 0 Å². The molecule has 0 saturated heterocycles. The van der Waals surface area contributed by atoms with Crippen molar-refractivity contribution in [2.45, 2.75) is 12.5 Å². The van der Waals surface area contributed by atoms with Gasteiger partial charge in [0, 0.05) is 11.6 Å². The van der Waals surface area contributed by atoms with Gasteiger partial charge in [0.05, 0.1) is 7.11 Å². The van der Waals surface area contributed by atoms with E-state index in [0.29, 0.717) is 12.0 Å². The molecule has 1 N–H and O–H groups in total. The summed E-state index contributed by atoms with van der Waals surface area (Å²) in [7, 11) is 3.52. The molecule has 0 amide bonds. The van der Waals surface area contributed by atoms with E-state index in [2.05, 4.69) is 5.32 Å². The predicted molar refractivity (Wildman–Crippen MR) is 74.9 cm³/mol. The molecule has 0 aromatic heterocycles.